The normalized spacial score (nSPS) is 15.0. The molecular weight excluding hydrogens is 1140 g/mol. The number of aliphatic hydroxyl groups is 1. The van der Waals surface area contributed by atoms with E-state index in [1.54, 1.807) is 0 Å². The molecule has 0 aliphatic rings. The number of hydrogen-bond donors (Lipinski definition) is 3. The van der Waals surface area contributed by atoms with Crippen molar-refractivity contribution in [3.63, 3.8) is 0 Å². The molecule has 0 saturated carbocycles. The van der Waals surface area contributed by atoms with Crippen LogP contribution in [0.1, 0.15) is 325 Å². The molecule has 0 rings (SSSR count). The first kappa shape index (κ1) is 84.1. The molecule has 7 atom stereocenters. The third kappa shape index (κ3) is 58.4. The Morgan fingerprint density at radius 2 is 0.558 bits per heavy atom. The van der Waals surface area contributed by atoms with Crippen LogP contribution < -0.4 is 0 Å². The van der Waals surface area contributed by atoms with Gasteiger partial charge in [0.05, 0.1) is 26.4 Å². The number of aliphatic hydroxyl groups excluding tert-OH is 1. The van der Waals surface area contributed by atoms with Gasteiger partial charge in [-0.3, -0.25) is 37.3 Å². The maximum atomic E-state index is 13.0. The van der Waals surface area contributed by atoms with E-state index in [1.165, 1.54) is 116 Å². The van der Waals surface area contributed by atoms with E-state index in [-0.39, 0.29) is 25.7 Å². The third-order valence-electron chi connectivity index (χ3n) is 16.0. The molecule has 0 fully saturated rings. The van der Waals surface area contributed by atoms with Crippen molar-refractivity contribution < 1.29 is 80.2 Å². The fraction of sp³-hybridized carbons (Fsp3) is 0.940. The summed E-state index contributed by atoms with van der Waals surface area (Å²) in [5.41, 5.74) is 0. The van der Waals surface area contributed by atoms with Gasteiger partial charge in [0.1, 0.15) is 19.3 Å². The second-order valence-electron chi connectivity index (χ2n) is 25.6. The van der Waals surface area contributed by atoms with Crippen LogP contribution in [0.5, 0.6) is 0 Å². The Morgan fingerprint density at radius 3 is 0.826 bits per heavy atom. The highest BCUT2D eigenvalue weighted by molar-refractivity contribution is 7.47. The number of rotatable bonds is 64. The van der Waals surface area contributed by atoms with Crippen LogP contribution in [-0.4, -0.2) is 96.7 Å². The highest BCUT2D eigenvalue weighted by Gasteiger charge is 2.30. The molecule has 0 aromatic carbocycles. The predicted molar refractivity (Wildman–Crippen MR) is 344 cm³/mol. The minimum absolute atomic E-state index is 0.104. The number of carbonyl (C=O) groups is 4. The molecule has 0 bridgehead atoms. The molecule has 0 aromatic heterocycles. The van der Waals surface area contributed by atoms with E-state index in [9.17, 15) is 43.2 Å². The molecule has 4 unspecified atom stereocenters. The minimum atomic E-state index is -4.95. The smallest absolute Gasteiger partial charge is 0.462 e. The van der Waals surface area contributed by atoms with E-state index in [0.717, 1.165) is 120 Å². The van der Waals surface area contributed by atoms with Crippen molar-refractivity contribution in [2.24, 2.45) is 23.7 Å². The summed E-state index contributed by atoms with van der Waals surface area (Å²) in [4.78, 5) is 72.4. The lowest BCUT2D eigenvalue weighted by Crippen LogP contribution is -2.30. The van der Waals surface area contributed by atoms with E-state index in [4.69, 9.17) is 37.0 Å². The van der Waals surface area contributed by atoms with Crippen LogP contribution in [0.25, 0.3) is 0 Å². The zero-order valence-corrected chi connectivity index (χ0v) is 57.7. The number of unbranched alkanes of at least 4 members (excludes halogenated alkanes) is 28. The lowest BCUT2D eigenvalue weighted by Gasteiger charge is -2.21. The SMILES string of the molecule is CCC(C)CCCCCCCCCCCCC(=O)O[C@H](COC(=O)CCCCCCCCC(C)CC)COP(=O)(O)OC[C@H](O)COP(=O)(O)OC[C@@H](COC(=O)CCCCCCCCCC(C)C)OC(=O)CCCCCCCCCCCC(C)C. The van der Waals surface area contributed by atoms with Crippen molar-refractivity contribution in [3.8, 4) is 0 Å². The van der Waals surface area contributed by atoms with Crippen molar-refractivity contribution in [2.75, 3.05) is 39.6 Å². The number of hydrogen-bond acceptors (Lipinski definition) is 15. The van der Waals surface area contributed by atoms with Crippen molar-refractivity contribution >= 4 is 39.5 Å². The van der Waals surface area contributed by atoms with Gasteiger partial charge in [-0.05, 0) is 49.4 Å². The topological polar surface area (TPSA) is 237 Å². The van der Waals surface area contributed by atoms with E-state index >= 15 is 0 Å². The van der Waals surface area contributed by atoms with Crippen LogP contribution in [-0.2, 0) is 65.4 Å². The van der Waals surface area contributed by atoms with E-state index in [2.05, 4.69) is 55.4 Å². The molecule has 17 nitrogen and oxygen atoms in total. The van der Waals surface area contributed by atoms with Gasteiger partial charge in [0.25, 0.3) is 0 Å². The van der Waals surface area contributed by atoms with Crippen molar-refractivity contribution in [3.05, 3.63) is 0 Å². The summed E-state index contributed by atoms with van der Waals surface area (Å²) >= 11 is 0. The number of esters is 4. The number of phosphoric acid groups is 2. The summed E-state index contributed by atoms with van der Waals surface area (Å²) in [6.07, 6.45) is 37.6. The molecular formula is C67H130O17P2. The van der Waals surface area contributed by atoms with Crippen molar-refractivity contribution in [1.29, 1.82) is 0 Å². The fourth-order valence-electron chi connectivity index (χ4n) is 9.89. The van der Waals surface area contributed by atoms with Gasteiger partial charge in [0, 0.05) is 25.7 Å². The van der Waals surface area contributed by atoms with Gasteiger partial charge in [0.2, 0.25) is 0 Å². The third-order valence-corrected chi connectivity index (χ3v) is 17.9. The van der Waals surface area contributed by atoms with Gasteiger partial charge in [0.15, 0.2) is 12.2 Å². The van der Waals surface area contributed by atoms with Crippen LogP contribution in [0, 0.1) is 23.7 Å². The Bertz CT molecular complexity index is 1720. The summed E-state index contributed by atoms with van der Waals surface area (Å²) in [6, 6.07) is 0. The van der Waals surface area contributed by atoms with E-state index in [1.807, 2.05) is 0 Å². The van der Waals surface area contributed by atoms with Crippen molar-refractivity contribution in [1.82, 2.24) is 0 Å². The monoisotopic (exact) mass is 1270 g/mol. The van der Waals surface area contributed by atoms with Crippen LogP contribution in [0.15, 0.2) is 0 Å². The molecule has 0 amide bonds. The zero-order valence-electron chi connectivity index (χ0n) is 55.9. The first-order chi connectivity index (χ1) is 41.2. The Morgan fingerprint density at radius 1 is 0.326 bits per heavy atom. The fourth-order valence-corrected chi connectivity index (χ4v) is 11.5. The predicted octanol–water partition coefficient (Wildman–Crippen LogP) is 18.5. The molecule has 0 aromatic rings. The number of carbonyl (C=O) groups excluding carboxylic acids is 4. The molecule has 0 spiro atoms. The lowest BCUT2D eigenvalue weighted by molar-refractivity contribution is -0.161. The first-order valence-electron chi connectivity index (χ1n) is 34.8. The highest BCUT2D eigenvalue weighted by Crippen LogP contribution is 2.45. The number of ether oxygens (including phenoxy) is 4. The summed E-state index contributed by atoms with van der Waals surface area (Å²) in [5.74, 6) is 0.839. The Kier molecular flexibility index (Phi) is 55.7. The zero-order chi connectivity index (χ0) is 63.9. The molecule has 86 heavy (non-hydrogen) atoms. The number of phosphoric ester groups is 2. The van der Waals surface area contributed by atoms with Crippen LogP contribution >= 0.6 is 15.6 Å². The summed E-state index contributed by atoms with van der Waals surface area (Å²) < 4.78 is 68.1. The van der Waals surface area contributed by atoms with E-state index < -0.39 is 97.5 Å². The average molecular weight is 1270 g/mol. The largest absolute Gasteiger partial charge is 0.472 e. The maximum absolute atomic E-state index is 13.0. The Balaban J connectivity index is 5.27. The molecule has 19 heteroatoms. The summed E-state index contributed by atoms with van der Waals surface area (Å²) in [6.45, 7) is 14.0. The highest BCUT2D eigenvalue weighted by atomic mass is 31.2. The van der Waals surface area contributed by atoms with Crippen LogP contribution in [0.2, 0.25) is 0 Å². The quantitative estimate of drug-likeness (QED) is 0.0222. The van der Waals surface area contributed by atoms with E-state index in [0.29, 0.717) is 31.6 Å². The second kappa shape index (κ2) is 57.0. The van der Waals surface area contributed by atoms with Gasteiger partial charge in [-0.25, -0.2) is 9.13 Å². The van der Waals surface area contributed by atoms with Gasteiger partial charge in [-0.15, -0.1) is 0 Å². The molecule has 0 aliphatic carbocycles. The Labute approximate surface area is 524 Å². The average Bonchev–Trinajstić information content (AvgIpc) is 3.67. The minimum Gasteiger partial charge on any atom is -0.462 e. The molecule has 3 N–H and O–H groups in total. The molecule has 510 valence electrons. The molecule has 0 aliphatic heterocycles. The van der Waals surface area contributed by atoms with Gasteiger partial charge in [-0.1, -0.05) is 274 Å². The second-order valence-corrected chi connectivity index (χ2v) is 28.6. The van der Waals surface area contributed by atoms with Crippen molar-refractivity contribution in [2.45, 2.75) is 343 Å². The van der Waals surface area contributed by atoms with Crippen LogP contribution in [0.3, 0.4) is 0 Å². The maximum Gasteiger partial charge on any atom is 0.472 e. The van der Waals surface area contributed by atoms with Gasteiger partial charge < -0.3 is 33.8 Å². The van der Waals surface area contributed by atoms with Crippen LogP contribution in [0.4, 0.5) is 0 Å². The van der Waals surface area contributed by atoms with Gasteiger partial charge >= 0.3 is 39.5 Å². The Hall–Kier alpha value is -1.94. The first-order valence-corrected chi connectivity index (χ1v) is 37.8. The summed E-state index contributed by atoms with van der Waals surface area (Å²) in [7, 11) is -9.90. The summed E-state index contributed by atoms with van der Waals surface area (Å²) in [5, 5.41) is 10.6. The molecule has 0 saturated heterocycles. The molecule has 0 radical (unpaired) electrons. The van der Waals surface area contributed by atoms with Gasteiger partial charge in [-0.2, -0.15) is 0 Å². The lowest BCUT2D eigenvalue weighted by atomic mass is 9.99. The standard InChI is InChI=1S/C67H130O17P2/c1-9-59(7)45-37-29-21-15-11-12-16-22-33-41-49-66(71)84-63(54-78-65(70)48-40-32-26-25-30-38-46-60(8)10-2)56-82-86(75,76)80-52-61(68)51-79-85(73,74)81-55-62(53-77-64(69)47-39-31-24-18-20-28-36-44-58(5)6)83-67(72)50-42-34-23-17-13-14-19-27-35-43-57(3)4/h57-63,68H,9-56H2,1-8H3,(H,73,74)(H,75,76)/t59?,60?,61-,62-,63-/m1/s1. The molecule has 0 heterocycles.